The van der Waals surface area contributed by atoms with Crippen molar-refractivity contribution in [3.8, 4) is 0 Å². The first kappa shape index (κ1) is 20.1. The summed E-state index contributed by atoms with van der Waals surface area (Å²) < 4.78 is 1.84. The maximum Gasteiger partial charge on any atom is 0.252 e. The first-order chi connectivity index (χ1) is 15.7. The summed E-state index contributed by atoms with van der Waals surface area (Å²) in [7, 11) is 0. The monoisotopic (exact) mass is 444 g/mol. The van der Waals surface area contributed by atoms with Gasteiger partial charge in [-0.05, 0) is 71.9 Å². The molecule has 164 valence electrons. The predicted octanol–water partition coefficient (Wildman–Crippen LogP) is 5.13. The number of carbonyl (C=O) groups excluding carboxylic acids is 1. The van der Waals surface area contributed by atoms with Gasteiger partial charge in [-0.1, -0.05) is 42.5 Å². The molecule has 0 bridgehead atoms. The Morgan fingerprint density at radius 3 is 2.56 bits per heavy atom. The largest absolute Gasteiger partial charge is 0.341 e. The molecule has 2 aromatic carbocycles. The van der Waals surface area contributed by atoms with E-state index >= 15 is 0 Å². The molecule has 6 rings (SSSR count). The Hall–Kier alpha value is -2.53. The molecule has 0 spiro atoms. The summed E-state index contributed by atoms with van der Waals surface area (Å²) in [6, 6.07) is 16.4. The van der Waals surface area contributed by atoms with E-state index in [1.54, 1.807) is 11.8 Å². The van der Waals surface area contributed by atoms with E-state index in [9.17, 15) is 9.59 Å². The normalized spacial score (nSPS) is 20.5. The van der Waals surface area contributed by atoms with Crippen LogP contribution in [0.1, 0.15) is 60.8 Å². The van der Waals surface area contributed by atoms with Gasteiger partial charge in [0.25, 0.3) is 5.56 Å². The van der Waals surface area contributed by atoms with E-state index in [-0.39, 0.29) is 17.5 Å². The second-order valence-corrected chi connectivity index (χ2v) is 10.4. The number of hydrogen-bond donors (Lipinski definition) is 0. The van der Waals surface area contributed by atoms with Crippen LogP contribution in [0.15, 0.2) is 58.4 Å². The third-order valence-electron chi connectivity index (χ3n) is 7.22. The number of fused-ring (bicyclic) bond motifs is 2. The molecule has 4 nitrogen and oxygen atoms in total. The first-order valence-electron chi connectivity index (χ1n) is 11.9. The number of benzene rings is 2. The van der Waals surface area contributed by atoms with Gasteiger partial charge in [0.15, 0.2) is 0 Å². The topological polar surface area (TPSA) is 42.3 Å². The standard InChI is InChI=1S/C27H28N2O2S/c30-24-16-21(15-20-9-6-8-18-7-2-3-10-22(18)20)25(19-11-12-19)27-29(24)23(17-32-27)26(31)28-13-4-1-5-14-28/h2-3,6-10,16,19,23H,1,4-5,11-15,17H2. The van der Waals surface area contributed by atoms with Crippen molar-refractivity contribution < 1.29 is 4.79 Å². The lowest BCUT2D eigenvalue weighted by Gasteiger charge is -2.29. The van der Waals surface area contributed by atoms with Crippen LogP contribution >= 0.6 is 11.8 Å². The van der Waals surface area contributed by atoms with Crippen LogP contribution in [0.4, 0.5) is 0 Å². The third kappa shape index (κ3) is 3.47. The molecule has 3 aromatic rings. The van der Waals surface area contributed by atoms with E-state index < -0.39 is 0 Å². The smallest absolute Gasteiger partial charge is 0.252 e. The van der Waals surface area contributed by atoms with E-state index in [2.05, 4.69) is 42.5 Å². The van der Waals surface area contributed by atoms with Crippen molar-refractivity contribution in [2.75, 3.05) is 18.8 Å². The second-order valence-electron chi connectivity index (χ2n) is 9.40. The molecule has 1 aliphatic carbocycles. The summed E-state index contributed by atoms with van der Waals surface area (Å²) in [5, 5.41) is 3.55. The average Bonchev–Trinajstić information content (AvgIpc) is 3.56. The number of amides is 1. The van der Waals surface area contributed by atoms with Crippen molar-refractivity contribution in [2.45, 2.75) is 55.5 Å². The summed E-state index contributed by atoms with van der Waals surface area (Å²) in [5.41, 5.74) is 3.73. The molecule has 2 fully saturated rings. The van der Waals surface area contributed by atoms with Gasteiger partial charge in [-0.25, -0.2) is 0 Å². The van der Waals surface area contributed by atoms with Crippen molar-refractivity contribution in [3.63, 3.8) is 0 Å². The minimum absolute atomic E-state index is 0.0139. The fourth-order valence-corrected chi connectivity index (χ4v) is 6.87. The van der Waals surface area contributed by atoms with Crippen molar-refractivity contribution in [3.05, 3.63) is 75.6 Å². The molecule has 0 N–H and O–H groups in total. The Morgan fingerprint density at radius 1 is 0.969 bits per heavy atom. The number of nitrogens with zero attached hydrogens (tertiary/aromatic N) is 2. The van der Waals surface area contributed by atoms with Gasteiger partial charge in [0, 0.05) is 24.9 Å². The summed E-state index contributed by atoms with van der Waals surface area (Å²) >= 11 is 1.72. The minimum Gasteiger partial charge on any atom is -0.341 e. The molecule has 3 heterocycles. The maximum absolute atomic E-state index is 13.4. The van der Waals surface area contributed by atoms with E-state index in [4.69, 9.17) is 0 Å². The maximum atomic E-state index is 13.4. The average molecular weight is 445 g/mol. The molecule has 0 radical (unpaired) electrons. The fraction of sp³-hybridized carbons (Fsp3) is 0.407. The molecule has 1 aromatic heterocycles. The zero-order valence-corrected chi connectivity index (χ0v) is 19.1. The number of aromatic nitrogens is 1. The van der Waals surface area contributed by atoms with Crippen molar-refractivity contribution in [1.29, 1.82) is 0 Å². The number of hydrogen-bond acceptors (Lipinski definition) is 3. The van der Waals surface area contributed by atoms with Crippen LogP contribution in [0.25, 0.3) is 10.8 Å². The number of likely N-dealkylation sites (tertiary alicyclic amines) is 1. The minimum atomic E-state index is -0.343. The van der Waals surface area contributed by atoms with Crippen molar-refractivity contribution >= 4 is 28.4 Å². The van der Waals surface area contributed by atoms with Crippen LogP contribution in [-0.4, -0.2) is 34.2 Å². The van der Waals surface area contributed by atoms with E-state index in [0.717, 1.165) is 42.9 Å². The van der Waals surface area contributed by atoms with Crippen LogP contribution in [0.5, 0.6) is 0 Å². The van der Waals surface area contributed by atoms with Gasteiger partial charge in [0.2, 0.25) is 5.91 Å². The van der Waals surface area contributed by atoms with Gasteiger partial charge in [-0.15, -0.1) is 11.8 Å². The molecular formula is C27H28N2O2S. The van der Waals surface area contributed by atoms with E-state index in [1.807, 2.05) is 15.5 Å². The predicted molar refractivity (Wildman–Crippen MR) is 130 cm³/mol. The Bertz CT molecular complexity index is 1250. The lowest BCUT2D eigenvalue weighted by Crippen LogP contribution is -2.42. The Kier molecular flexibility index (Phi) is 5.09. The first-order valence-corrected chi connectivity index (χ1v) is 12.9. The molecule has 1 unspecified atom stereocenters. The zero-order chi connectivity index (χ0) is 21.7. The number of thioether (sulfide) groups is 1. The van der Waals surface area contributed by atoms with Gasteiger partial charge >= 0.3 is 0 Å². The number of piperidine rings is 1. The van der Waals surface area contributed by atoms with Crippen LogP contribution in [0, 0.1) is 0 Å². The Morgan fingerprint density at radius 2 is 1.75 bits per heavy atom. The number of rotatable bonds is 4. The molecule has 1 amide bonds. The molecule has 1 saturated carbocycles. The summed E-state index contributed by atoms with van der Waals surface area (Å²) in [6.07, 6.45) is 6.47. The van der Waals surface area contributed by atoms with E-state index in [0.29, 0.717) is 11.7 Å². The molecule has 3 aliphatic rings. The van der Waals surface area contributed by atoms with Gasteiger partial charge in [-0.2, -0.15) is 0 Å². The van der Waals surface area contributed by atoms with Gasteiger partial charge in [-0.3, -0.25) is 14.2 Å². The highest BCUT2D eigenvalue weighted by Gasteiger charge is 2.39. The Labute approximate surface area is 192 Å². The highest BCUT2D eigenvalue weighted by Crippen LogP contribution is 2.49. The van der Waals surface area contributed by atoms with Crippen LogP contribution in [0.2, 0.25) is 0 Å². The molecule has 5 heteroatoms. The number of pyridine rings is 1. The molecular weight excluding hydrogens is 416 g/mol. The van der Waals surface area contributed by atoms with Gasteiger partial charge < -0.3 is 4.90 Å². The lowest BCUT2D eigenvalue weighted by molar-refractivity contribution is -0.135. The van der Waals surface area contributed by atoms with Gasteiger partial charge in [0.1, 0.15) is 6.04 Å². The third-order valence-corrected chi connectivity index (χ3v) is 8.39. The Balaban J connectivity index is 1.40. The molecule has 1 saturated heterocycles. The second kappa shape index (κ2) is 8.11. The summed E-state index contributed by atoms with van der Waals surface area (Å²) in [5.74, 6) is 1.35. The quantitative estimate of drug-likeness (QED) is 0.560. The van der Waals surface area contributed by atoms with Crippen molar-refractivity contribution in [2.24, 2.45) is 0 Å². The zero-order valence-electron chi connectivity index (χ0n) is 18.3. The van der Waals surface area contributed by atoms with Crippen molar-refractivity contribution in [1.82, 2.24) is 9.47 Å². The highest BCUT2D eigenvalue weighted by molar-refractivity contribution is 7.99. The SMILES string of the molecule is O=C(C1CSc2c(C3CC3)c(Cc3cccc4ccccc34)cc(=O)n21)N1CCCCC1. The highest BCUT2D eigenvalue weighted by atomic mass is 32.2. The molecule has 2 aliphatic heterocycles. The van der Waals surface area contributed by atoms with Crippen LogP contribution in [0.3, 0.4) is 0 Å². The van der Waals surface area contributed by atoms with Crippen LogP contribution in [-0.2, 0) is 11.2 Å². The molecule has 32 heavy (non-hydrogen) atoms. The summed E-state index contributed by atoms with van der Waals surface area (Å²) in [4.78, 5) is 28.6. The fourth-order valence-electron chi connectivity index (χ4n) is 5.45. The van der Waals surface area contributed by atoms with Gasteiger partial charge in [0.05, 0.1) is 5.03 Å². The lowest BCUT2D eigenvalue weighted by atomic mass is 9.95. The van der Waals surface area contributed by atoms with E-state index in [1.165, 1.54) is 41.2 Å². The molecule has 1 atom stereocenters. The number of carbonyl (C=O) groups is 1. The van der Waals surface area contributed by atoms with Crippen LogP contribution < -0.4 is 5.56 Å². The summed E-state index contributed by atoms with van der Waals surface area (Å²) in [6.45, 7) is 1.66.